The fourth-order valence-electron chi connectivity index (χ4n) is 3.01. The minimum atomic E-state index is -0.0781. The number of hydrogen-bond donors (Lipinski definition) is 2. The lowest BCUT2D eigenvalue weighted by Gasteiger charge is -2.21. The molecule has 2 N–H and O–H groups in total. The molecule has 112 valence electrons. The van der Waals surface area contributed by atoms with E-state index in [9.17, 15) is 9.59 Å². The number of anilines is 1. The number of nitrogens with one attached hydrogen (secondary N) is 2. The monoisotopic (exact) mass is 287 g/mol. The second-order valence-corrected chi connectivity index (χ2v) is 5.87. The highest BCUT2D eigenvalue weighted by atomic mass is 16.2. The molecular formula is C16H21N3O2. The topological polar surface area (TPSA) is 61.4 Å². The van der Waals surface area contributed by atoms with Crippen LogP contribution in [-0.2, 0) is 11.2 Å². The average Bonchev–Trinajstić information content (AvgIpc) is 3.07. The van der Waals surface area contributed by atoms with Gasteiger partial charge in [-0.2, -0.15) is 0 Å². The highest BCUT2D eigenvalue weighted by Crippen LogP contribution is 2.23. The minimum absolute atomic E-state index is 0.0410. The molecule has 1 fully saturated rings. The summed E-state index contributed by atoms with van der Waals surface area (Å²) in [4.78, 5) is 25.7. The van der Waals surface area contributed by atoms with Crippen LogP contribution in [0.4, 0.5) is 5.69 Å². The van der Waals surface area contributed by atoms with E-state index >= 15 is 0 Å². The van der Waals surface area contributed by atoms with E-state index in [0.29, 0.717) is 18.5 Å². The standard InChI is InChI=1S/C16H21N3O2/c1-11(10-19-8-2-3-15(19)20)18-16(21)13-5-4-12-6-7-17-14(12)9-13/h4-5,9,11,17H,2-3,6-8,10H2,1H3,(H,18,21). The maximum atomic E-state index is 12.3. The second-order valence-electron chi connectivity index (χ2n) is 5.87. The first-order valence-electron chi connectivity index (χ1n) is 7.59. The zero-order valence-corrected chi connectivity index (χ0v) is 12.3. The Bertz CT molecular complexity index is 571. The molecule has 2 amide bonds. The highest BCUT2D eigenvalue weighted by molar-refractivity contribution is 5.95. The zero-order chi connectivity index (χ0) is 14.8. The first-order chi connectivity index (χ1) is 10.1. The van der Waals surface area contributed by atoms with Crippen LogP contribution < -0.4 is 10.6 Å². The van der Waals surface area contributed by atoms with E-state index in [-0.39, 0.29) is 17.9 Å². The van der Waals surface area contributed by atoms with Crippen LogP contribution in [0.3, 0.4) is 0 Å². The molecule has 2 aliphatic rings. The summed E-state index contributed by atoms with van der Waals surface area (Å²) in [6.07, 6.45) is 2.58. The summed E-state index contributed by atoms with van der Waals surface area (Å²) in [5.74, 6) is 0.114. The van der Waals surface area contributed by atoms with Crippen molar-refractivity contribution in [2.75, 3.05) is 25.0 Å². The lowest BCUT2D eigenvalue weighted by molar-refractivity contribution is -0.127. The van der Waals surface area contributed by atoms with Gasteiger partial charge in [-0.05, 0) is 37.5 Å². The van der Waals surface area contributed by atoms with E-state index in [4.69, 9.17) is 0 Å². The molecule has 0 aliphatic carbocycles. The van der Waals surface area contributed by atoms with Crippen LogP contribution in [-0.4, -0.2) is 42.4 Å². The summed E-state index contributed by atoms with van der Waals surface area (Å²) in [7, 11) is 0. The summed E-state index contributed by atoms with van der Waals surface area (Å²) in [6.45, 7) is 4.28. The quantitative estimate of drug-likeness (QED) is 0.880. The number of carbonyl (C=O) groups excluding carboxylic acids is 2. The maximum Gasteiger partial charge on any atom is 0.251 e. The summed E-state index contributed by atoms with van der Waals surface area (Å²) >= 11 is 0. The number of fused-ring (bicyclic) bond motifs is 1. The smallest absolute Gasteiger partial charge is 0.251 e. The molecule has 1 saturated heterocycles. The molecule has 0 aromatic heterocycles. The summed E-state index contributed by atoms with van der Waals surface area (Å²) in [5, 5.41) is 6.25. The Morgan fingerprint density at radius 1 is 1.43 bits per heavy atom. The lowest BCUT2D eigenvalue weighted by atomic mass is 10.1. The van der Waals surface area contributed by atoms with Crippen LogP contribution >= 0.6 is 0 Å². The van der Waals surface area contributed by atoms with Gasteiger partial charge in [-0.25, -0.2) is 0 Å². The fraction of sp³-hybridized carbons (Fsp3) is 0.500. The lowest BCUT2D eigenvalue weighted by Crippen LogP contribution is -2.42. The highest BCUT2D eigenvalue weighted by Gasteiger charge is 2.22. The van der Waals surface area contributed by atoms with Crippen LogP contribution in [0.1, 0.15) is 35.7 Å². The molecule has 5 nitrogen and oxygen atoms in total. The summed E-state index contributed by atoms with van der Waals surface area (Å²) in [6, 6.07) is 5.75. The Morgan fingerprint density at radius 3 is 3.05 bits per heavy atom. The van der Waals surface area contributed by atoms with Gasteiger partial charge < -0.3 is 15.5 Å². The fourth-order valence-corrected chi connectivity index (χ4v) is 3.01. The van der Waals surface area contributed by atoms with Crippen molar-refractivity contribution in [2.45, 2.75) is 32.2 Å². The zero-order valence-electron chi connectivity index (χ0n) is 12.3. The number of carbonyl (C=O) groups is 2. The SMILES string of the molecule is CC(CN1CCCC1=O)NC(=O)c1ccc2c(c1)NCC2. The van der Waals surface area contributed by atoms with Crippen molar-refractivity contribution in [1.29, 1.82) is 0 Å². The molecule has 3 rings (SSSR count). The first kappa shape index (κ1) is 13.9. The molecule has 2 aliphatic heterocycles. The van der Waals surface area contributed by atoms with E-state index in [1.165, 1.54) is 5.56 Å². The summed E-state index contributed by atoms with van der Waals surface area (Å²) in [5.41, 5.74) is 3.00. The van der Waals surface area contributed by atoms with E-state index in [1.54, 1.807) is 0 Å². The molecule has 2 heterocycles. The Morgan fingerprint density at radius 2 is 2.29 bits per heavy atom. The van der Waals surface area contributed by atoms with Gasteiger partial charge in [0.1, 0.15) is 0 Å². The van der Waals surface area contributed by atoms with Crippen LogP contribution in [0, 0.1) is 0 Å². The number of likely N-dealkylation sites (tertiary alicyclic amines) is 1. The molecule has 5 heteroatoms. The van der Waals surface area contributed by atoms with Crippen molar-refractivity contribution in [2.24, 2.45) is 0 Å². The molecule has 0 bridgehead atoms. The molecule has 1 unspecified atom stereocenters. The van der Waals surface area contributed by atoms with Gasteiger partial charge in [-0.3, -0.25) is 9.59 Å². The van der Waals surface area contributed by atoms with Crippen molar-refractivity contribution < 1.29 is 9.59 Å². The largest absolute Gasteiger partial charge is 0.384 e. The van der Waals surface area contributed by atoms with Gasteiger partial charge in [0.2, 0.25) is 5.91 Å². The average molecular weight is 287 g/mol. The number of rotatable bonds is 4. The van der Waals surface area contributed by atoms with Crippen LogP contribution in [0.25, 0.3) is 0 Å². The molecular weight excluding hydrogens is 266 g/mol. The first-order valence-corrected chi connectivity index (χ1v) is 7.59. The van der Waals surface area contributed by atoms with E-state index in [0.717, 1.165) is 31.6 Å². The number of hydrogen-bond acceptors (Lipinski definition) is 3. The molecule has 1 atom stereocenters. The van der Waals surface area contributed by atoms with E-state index < -0.39 is 0 Å². The number of benzene rings is 1. The molecule has 1 aromatic rings. The Hall–Kier alpha value is -2.04. The number of nitrogens with zero attached hydrogens (tertiary/aromatic N) is 1. The van der Waals surface area contributed by atoms with Crippen LogP contribution in [0.15, 0.2) is 18.2 Å². The molecule has 0 radical (unpaired) electrons. The number of amides is 2. The van der Waals surface area contributed by atoms with Crippen LogP contribution in [0.2, 0.25) is 0 Å². The van der Waals surface area contributed by atoms with Crippen molar-refractivity contribution >= 4 is 17.5 Å². The van der Waals surface area contributed by atoms with Gasteiger partial charge >= 0.3 is 0 Å². The van der Waals surface area contributed by atoms with E-state index in [2.05, 4.69) is 10.6 Å². The van der Waals surface area contributed by atoms with E-state index in [1.807, 2.05) is 30.0 Å². The minimum Gasteiger partial charge on any atom is -0.384 e. The normalized spacial score (nSPS) is 18.3. The van der Waals surface area contributed by atoms with Crippen molar-refractivity contribution in [3.63, 3.8) is 0 Å². The Labute approximate surface area is 124 Å². The van der Waals surface area contributed by atoms with Gasteiger partial charge in [0.25, 0.3) is 5.91 Å². The molecule has 1 aromatic carbocycles. The third kappa shape index (κ3) is 3.01. The summed E-state index contributed by atoms with van der Waals surface area (Å²) < 4.78 is 0. The molecule has 0 spiro atoms. The second kappa shape index (κ2) is 5.76. The predicted molar refractivity (Wildman–Crippen MR) is 81.4 cm³/mol. The Balaban J connectivity index is 1.59. The third-order valence-electron chi connectivity index (χ3n) is 4.12. The molecule has 21 heavy (non-hydrogen) atoms. The van der Waals surface area contributed by atoms with Gasteiger partial charge in [-0.1, -0.05) is 6.07 Å². The van der Waals surface area contributed by atoms with Crippen molar-refractivity contribution in [3.05, 3.63) is 29.3 Å². The van der Waals surface area contributed by atoms with Gasteiger partial charge in [0.15, 0.2) is 0 Å². The van der Waals surface area contributed by atoms with Crippen molar-refractivity contribution in [1.82, 2.24) is 10.2 Å². The third-order valence-corrected chi connectivity index (χ3v) is 4.12. The maximum absolute atomic E-state index is 12.3. The van der Waals surface area contributed by atoms with Gasteiger partial charge in [0.05, 0.1) is 0 Å². The van der Waals surface area contributed by atoms with Gasteiger partial charge in [-0.15, -0.1) is 0 Å². The van der Waals surface area contributed by atoms with Crippen molar-refractivity contribution in [3.8, 4) is 0 Å². The van der Waals surface area contributed by atoms with Gasteiger partial charge in [0, 0.05) is 43.3 Å². The molecule has 0 saturated carbocycles. The Kier molecular flexibility index (Phi) is 3.82. The predicted octanol–water partition coefficient (Wildman–Crippen LogP) is 1.40. The van der Waals surface area contributed by atoms with Crippen LogP contribution in [0.5, 0.6) is 0 Å².